The summed E-state index contributed by atoms with van der Waals surface area (Å²) in [6.07, 6.45) is 23.0. The molecule has 1 fully saturated rings. The van der Waals surface area contributed by atoms with Gasteiger partial charge in [-0.1, -0.05) is 167 Å². The zero-order valence-corrected chi connectivity index (χ0v) is 31.8. The average Bonchev–Trinajstić information content (AvgIpc) is 3.11. The number of nitrogens with one attached hydrogen (secondary N) is 1. The van der Waals surface area contributed by atoms with Crippen LogP contribution in [0.25, 0.3) is 0 Å². The number of allylic oxidation sites excluding steroid dienone is 1. The molecule has 1 heterocycles. The molecule has 7 N–H and O–H groups in total. The summed E-state index contributed by atoms with van der Waals surface area (Å²) in [6, 6.07) is -0.972. The number of amides is 1. The molecule has 1 amide bonds. The number of aliphatic hydroxyl groups excluding tert-OH is 6. The zero-order valence-electron chi connectivity index (χ0n) is 31.8. The van der Waals surface area contributed by atoms with Gasteiger partial charge in [-0.25, -0.2) is 0 Å². The predicted molar refractivity (Wildman–Crippen MR) is 200 cm³/mol. The fraction of sp³-hybridized carbons (Fsp3) is 0.925. The Morgan fingerprint density at radius 2 is 1.14 bits per heavy atom. The first kappa shape index (κ1) is 46.9. The van der Waals surface area contributed by atoms with Crippen molar-refractivity contribution in [1.82, 2.24) is 5.32 Å². The maximum atomic E-state index is 12.9. The van der Waals surface area contributed by atoms with Gasteiger partial charge in [0.1, 0.15) is 30.5 Å². The minimum absolute atomic E-state index is 0.302. The number of ether oxygens (including phenoxy) is 2. The van der Waals surface area contributed by atoms with Gasteiger partial charge < -0.3 is 45.4 Å². The Morgan fingerprint density at radius 3 is 1.62 bits per heavy atom. The lowest BCUT2D eigenvalue weighted by Crippen LogP contribution is -2.60. The Bertz CT molecular complexity index is 814. The molecule has 1 aliphatic rings. The molecular weight excluding hydrogens is 638 g/mol. The van der Waals surface area contributed by atoms with Crippen LogP contribution in [0.4, 0.5) is 0 Å². The summed E-state index contributed by atoms with van der Waals surface area (Å²) < 4.78 is 11.1. The average molecular weight is 716 g/mol. The van der Waals surface area contributed by atoms with Crippen molar-refractivity contribution >= 4 is 5.91 Å². The number of carbonyl (C=O) groups excluding carboxylic acids is 1. The van der Waals surface area contributed by atoms with E-state index in [1.54, 1.807) is 6.08 Å². The smallest absolute Gasteiger partial charge is 0.249 e. The van der Waals surface area contributed by atoms with Gasteiger partial charge in [-0.3, -0.25) is 4.79 Å². The van der Waals surface area contributed by atoms with Crippen LogP contribution < -0.4 is 5.32 Å². The Labute approximate surface area is 304 Å². The number of hydrogen-bond acceptors (Lipinski definition) is 9. The van der Waals surface area contributed by atoms with Crippen LogP contribution in [-0.2, 0) is 14.3 Å². The molecule has 296 valence electrons. The first-order valence-corrected chi connectivity index (χ1v) is 20.5. The highest BCUT2D eigenvalue weighted by Crippen LogP contribution is 2.22. The molecule has 10 nitrogen and oxygen atoms in total. The second kappa shape index (κ2) is 31.4. The maximum absolute atomic E-state index is 12.9. The van der Waals surface area contributed by atoms with Crippen molar-refractivity contribution in [2.45, 2.75) is 223 Å². The molecule has 50 heavy (non-hydrogen) atoms. The molecule has 10 heteroatoms. The van der Waals surface area contributed by atoms with Gasteiger partial charge in [-0.2, -0.15) is 0 Å². The van der Waals surface area contributed by atoms with Crippen molar-refractivity contribution < 1.29 is 44.9 Å². The van der Waals surface area contributed by atoms with Crippen molar-refractivity contribution in [1.29, 1.82) is 0 Å². The van der Waals surface area contributed by atoms with Crippen molar-refractivity contribution in [2.24, 2.45) is 0 Å². The van der Waals surface area contributed by atoms with Crippen molar-refractivity contribution in [2.75, 3.05) is 13.2 Å². The van der Waals surface area contributed by atoms with E-state index >= 15 is 0 Å². The Morgan fingerprint density at radius 1 is 0.680 bits per heavy atom. The van der Waals surface area contributed by atoms with Gasteiger partial charge in [0, 0.05) is 0 Å². The number of hydrogen-bond donors (Lipinski definition) is 7. The van der Waals surface area contributed by atoms with Crippen molar-refractivity contribution in [3.63, 3.8) is 0 Å². The van der Waals surface area contributed by atoms with E-state index in [1.165, 1.54) is 109 Å². The molecule has 0 spiro atoms. The lowest BCUT2D eigenvalue weighted by molar-refractivity contribution is -0.302. The summed E-state index contributed by atoms with van der Waals surface area (Å²) in [5.74, 6) is -0.617. The SMILES string of the molecule is CCCCCCCCCCCCCC=CC(O)C(COC1OC(CO)C(O)C(O)C1O)NC(=O)C(O)CCCCCCCCCCCCCC. The van der Waals surface area contributed by atoms with E-state index in [0.717, 1.165) is 44.9 Å². The fourth-order valence-electron chi connectivity index (χ4n) is 6.51. The number of carbonyl (C=O) groups is 1. The molecule has 1 rings (SSSR count). The van der Waals surface area contributed by atoms with Crippen LogP contribution in [0.15, 0.2) is 12.2 Å². The van der Waals surface area contributed by atoms with Gasteiger partial charge in [0.15, 0.2) is 6.29 Å². The predicted octanol–water partition coefficient (Wildman–Crippen LogP) is 6.36. The minimum atomic E-state index is -1.60. The fourth-order valence-corrected chi connectivity index (χ4v) is 6.51. The van der Waals surface area contributed by atoms with Crippen molar-refractivity contribution in [3.8, 4) is 0 Å². The highest BCUT2D eigenvalue weighted by Gasteiger charge is 2.44. The van der Waals surface area contributed by atoms with Crippen LogP contribution in [-0.4, -0.2) is 98.7 Å². The zero-order chi connectivity index (χ0) is 36.8. The highest BCUT2D eigenvalue weighted by molar-refractivity contribution is 5.80. The lowest BCUT2D eigenvalue weighted by atomic mass is 9.99. The van der Waals surface area contributed by atoms with E-state index in [0.29, 0.717) is 6.42 Å². The van der Waals surface area contributed by atoms with Crippen LogP contribution in [0.1, 0.15) is 174 Å². The van der Waals surface area contributed by atoms with E-state index < -0.39 is 61.5 Å². The Hall–Kier alpha value is -1.11. The third-order valence-electron chi connectivity index (χ3n) is 9.97. The molecule has 1 aliphatic heterocycles. The topological polar surface area (TPSA) is 169 Å². The maximum Gasteiger partial charge on any atom is 0.249 e. The molecule has 0 aromatic heterocycles. The van der Waals surface area contributed by atoms with Gasteiger partial charge >= 0.3 is 0 Å². The third-order valence-corrected chi connectivity index (χ3v) is 9.97. The van der Waals surface area contributed by atoms with Gasteiger partial charge in [0.05, 0.1) is 25.4 Å². The lowest BCUT2D eigenvalue weighted by Gasteiger charge is -2.40. The summed E-state index contributed by atoms with van der Waals surface area (Å²) >= 11 is 0. The minimum Gasteiger partial charge on any atom is -0.394 e. The molecule has 0 aromatic carbocycles. The molecule has 0 aliphatic carbocycles. The first-order valence-electron chi connectivity index (χ1n) is 20.5. The monoisotopic (exact) mass is 716 g/mol. The van der Waals surface area contributed by atoms with E-state index in [1.807, 2.05) is 6.08 Å². The van der Waals surface area contributed by atoms with Gasteiger partial charge in [-0.15, -0.1) is 0 Å². The molecule has 8 unspecified atom stereocenters. The summed E-state index contributed by atoms with van der Waals surface area (Å²) in [5, 5.41) is 64.3. The largest absolute Gasteiger partial charge is 0.394 e. The quantitative estimate of drug-likeness (QED) is 0.0302. The van der Waals surface area contributed by atoms with Crippen LogP contribution >= 0.6 is 0 Å². The number of aliphatic hydroxyl groups is 6. The van der Waals surface area contributed by atoms with Crippen molar-refractivity contribution in [3.05, 3.63) is 12.2 Å². The van der Waals surface area contributed by atoms with Gasteiger partial charge in [-0.05, 0) is 19.3 Å². The molecule has 1 saturated heterocycles. The number of rotatable bonds is 33. The van der Waals surface area contributed by atoms with E-state index in [-0.39, 0.29) is 6.61 Å². The second-order valence-electron chi connectivity index (χ2n) is 14.6. The molecule has 8 atom stereocenters. The van der Waals surface area contributed by atoms with Crippen LogP contribution in [0.5, 0.6) is 0 Å². The van der Waals surface area contributed by atoms with Gasteiger partial charge in [0.2, 0.25) is 5.91 Å². The second-order valence-corrected chi connectivity index (χ2v) is 14.6. The van der Waals surface area contributed by atoms with E-state index in [4.69, 9.17) is 9.47 Å². The summed E-state index contributed by atoms with van der Waals surface area (Å²) in [6.45, 7) is 3.57. The van der Waals surface area contributed by atoms with E-state index in [2.05, 4.69) is 19.2 Å². The summed E-state index contributed by atoms with van der Waals surface area (Å²) in [7, 11) is 0. The summed E-state index contributed by atoms with van der Waals surface area (Å²) in [4.78, 5) is 12.9. The molecule has 0 radical (unpaired) electrons. The Balaban J connectivity index is 2.50. The number of unbranched alkanes of at least 4 members (excludes halogenated alkanes) is 22. The molecule has 0 aromatic rings. The molecule has 0 bridgehead atoms. The third kappa shape index (κ3) is 22.1. The normalized spacial score (nSPS) is 22.9. The molecular formula is C40H77NO9. The standard InChI is InChI=1S/C40H77NO9/c1-3-5-7-9-11-13-15-17-19-20-22-24-26-28-33(43)32(31-49-40-38(47)37(46)36(45)35(30-42)50-40)41-39(48)34(44)29-27-25-23-21-18-16-14-12-10-8-6-4-2/h26,28,32-38,40,42-47H,3-25,27,29-31H2,1-2H3,(H,41,48). The van der Waals surface area contributed by atoms with Gasteiger partial charge in [0.25, 0.3) is 0 Å². The summed E-state index contributed by atoms with van der Waals surface area (Å²) in [5.41, 5.74) is 0. The van der Waals surface area contributed by atoms with E-state index in [9.17, 15) is 35.4 Å². The van der Waals surface area contributed by atoms with Crippen LogP contribution in [0, 0.1) is 0 Å². The van der Waals surface area contributed by atoms with Crippen LogP contribution in [0.2, 0.25) is 0 Å². The van der Waals surface area contributed by atoms with Crippen LogP contribution in [0.3, 0.4) is 0 Å². The first-order chi connectivity index (χ1) is 24.3. The Kier molecular flexibility index (Phi) is 29.5. The molecule has 0 saturated carbocycles. The highest BCUT2D eigenvalue weighted by atomic mass is 16.7.